The molecule has 0 amide bonds. The van der Waals surface area contributed by atoms with E-state index in [1.165, 1.54) is 6.42 Å². The second-order valence-corrected chi connectivity index (χ2v) is 10.2. The highest BCUT2D eigenvalue weighted by atomic mass is 32.2. The maximum absolute atomic E-state index is 13.0. The van der Waals surface area contributed by atoms with Crippen LogP contribution in [-0.2, 0) is 10.2 Å². The number of ether oxygens (including phenoxy) is 1. The van der Waals surface area contributed by atoms with E-state index in [0.717, 1.165) is 43.7 Å². The number of likely N-dealkylation sites (tertiary alicyclic amines) is 1. The Morgan fingerprint density at radius 2 is 1.75 bits per heavy atom. The van der Waals surface area contributed by atoms with E-state index in [1.54, 1.807) is 11.4 Å². The second kappa shape index (κ2) is 9.57. The minimum absolute atomic E-state index is 0.0223. The first-order valence-electron chi connectivity index (χ1n) is 10.5. The number of benzene rings is 1. The van der Waals surface area contributed by atoms with E-state index in [1.807, 2.05) is 18.2 Å². The average Bonchev–Trinajstić information content (AvgIpc) is 2.68. The van der Waals surface area contributed by atoms with Crippen molar-refractivity contribution in [1.29, 1.82) is 0 Å². The van der Waals surface area contributed by atoms with Crippen LogP contribution in [0.5, 0.6) is 5.75 Å². The van der Waals surface area contributed by atoms with E-state index in [0.29, 0.717) is 31.5 Å². The van der Waals surface area contributed by atoms with Gasteiger partial charge in [-0.1, -0.05) is 38.5 Å². The molecule has 0 aromatic heterocycles. The van der Waals surface area contributed by atoms with Crippen molar-refractivity contribution in [3.05, 3.63) is 29.8 Å². The Bertz CT molecular complexity index is 724. The fourth-order valence-electron chi connectivity index (χ4n) is 4.69. The molecule has 7 heteroatoms. The highest BCUT2D eigenvalue weighted by Crippen LogP contribution is 2.31. The van der Waals surface area contributed by atoms with Crippen LogP contribution in [0.25, 0.3) is 0 Å². The fourth-order valence-corrected chi connectivity index (χ4v) is 6.14. The predicted molar refractivity (Wildman–Crippen MR) is 113 cm³/mol. The largest absolute Gasteiger partial charge is 0.496 e. The van der Waals surface area contributed by atoms with Gasteiger partial charge in [0.15, 0.2) is 0 Å². The topological polar surface area (TPSA) is 61.9 Å². The first kappa shape index (κ1) is 21.6. The third-order valence-electron chi connectivity index (χ3n) is 5.96. The van der Waals surface area contributed by atoms with Crippen molar-refractivity contribution in [3.63, 3.8) is 0 Å². The van der Waals surface area contributed by atoms with Crippen molar-refractivity contribution >= 4 is 10.2 Å². The maximum atomic E-state index is 13.0. The van der Waals surface area contributed by atoms with Gasteiger partial charge in [-0.15, -0.1) is 0 Å². The lowest BCUT2D eigenvalue weighted by Crippen LogP contribution is -2.50. The number of rotatable bonds is 7. The van der Waals surface area contributed by atoms with Gasteiger partial charge in [0.2, 0.25) is 0 Å². The first-order valence-corrected chi connectivity index (χ1v) is 12.0. The molecule has 28 heavy (non-hydrogen) atoms. The SMILES string of the molecule is COc1ccccc1C(CNS(=O)(=O)N1CC(C)CC(C)C1)N1CCCCC1. The average molecular weight is 410 g/mol. The molecule has 1 N–H and O–H groups in total. The number of nitrogens with zero attached hydrogens (tertiary/aromatic N) is 2. The standard InChI is InChI=1S/C21H35N3O3S/c1-17-13-18(2)16-24(15-17)28(25,26)22-14-20(23-11-7-4-8-12-23)19-9-5-6-10-21(19)27-3/h5-6,9-10,17-18,20,22H,4,7-8,11-16H2,1-3H3. The van der Waals surface area contributed by atoms with Crippen LogP contribution in [0, 0.1) is 11.8 Å². The number of methoxy groups -OCH3 is 1. The summed E-state index contributed by atoms with van der Waals surface area (Å²) in [5.41, 5.74) is 1.05. The summed E-state index contributed by atoms with van der Waals surface area (Å²) < 4.78 is 36.2. The quantitative estimate of drug-likeness (QED) is 0.752. The van der Waals surface area contributed by atoms with Crippen molar-refractivity contribution in [2.24, 2.45) is 11.8 Å². The van der Waals surface area contributed by atoms with Crippen LogP contribution >= 0.6 is 0 Å². The molecule has 2 aliphatic heterocycles. The van der Waals surface area contributed by atoms with Crippen molar-refractivity contribution in [3.8, 4) is 5.75 Å². The molecule has 158 valence electrons. The van der Waals surface area contributed by atoms with Gasteiger partial charge >= 0.3 is 0 Å². The number of hydrogen-bond acceptors (Lipinski definition) is 4. The van der Waals surface area contributed by atoms with Gasteiger partial charge in [-0.3, -0.25) is 4.90 Å². The van der Waals surface area contributed by atoms with E-state index in [-0.39, 0.29) is 6.04 Å². The summed E-state index contributed by atoms with van der Waals surface area (Å²) in [5, 5.41) is 0. The third kappa shape index (κ3) is 5.26. The predicted octanol–water partition coefficient (Wildman–Crippen LogP) is 3.03. The van der Waals surface area contributed by atoms with Crippen LogP contribution < -0.4 is 9.46 Å². The van der Waals surface area contributed by atoms with Crippen LogP contribution in [-0.4, -0.2) is 57.5 Å². The Morgan fingerprint density at radius 1 is 1.11 bits per heavy atom. The molecule has 2 aliphatic rings. The number of hydrogen-bond donors (Lipinski definition) is 1. The fraction of sp³-hybridized carbons (Fsp3) is 0.714. The van der Waals surface area contributed by atoms with Gasteiger partial charge in [0.1, 0.15) is 5.75 Å². The summed E-state index contributed by atoms with van der Waals surface area (Å²) in [4.78, 5) is 2.39. The Morgan fingerprint density at radius 3 is 2.39 bits per heavy atom. The molecule has 2 heterocycles. The molecule has 0 radical (unpaired) electrons. The Kier molecular flexibility index (Phi) is 7.36. The van der Waals surface area contributed by atoms with Crippen molar-refractivity contribution in [1.82, 2.24) is 13.9 Å². The Labute approximate surface area is 170 Å². The van der Waals surface area contributed by atoms with Gasteiger partial charge in [-0.05, 0) is 50.3 Å². The smallest absolute Gasteiger partial charge is 0.279 e. The van der Waals surface area contributed by atoms with Gasteiger partial charge in [0.05, 0.1) is 13.2 Å². The number of para-hydroxylation sites is 1. The van der Waals surface area contributed by atoms with E-state index in [2.05, 4.69) is 29.5 Å². The van der Waals surface area contributed by atoms with Crippen LogP contribution in [0.3, 0.4) is 0 Å². The third-order valence-corrected chi connectivity index (χ3v) is 7.47. The van der Waals surface area contributed by atoms with E-state index >= 15 is 0 Å². The van der Waals surface area contributed by atoms with Gasteiger partial charge in [-0.25, -0.2) is 4.72 Å². The van der Waals surface area contributed by atoms with Gasteiger partial charge in [0, 0.05) is 25.2 Å². The van der Waals surface area contributed by atoms with E-state index in [4.69, 9.17) is 4.74 Å². The number of piperidine rings is 2. The highest BCUT2D eigenvalue weighted by molar-refractivity contribution is 7.87. The van der Waals surface area contributed by atoms with Crippen molar-refractivity contribution in [2.45, 2.75) is 45.6 Å². The second-order valence-electron chi connectivity index (χ2n) is 8.47. The van der Waals surface area contributed by atoms with E-state index in [9.17, 15) is 8.42 Å². The molecule has 3 unspecified atom stereocenters. The molecule has 3 rings (SSSR count). The molecule has 0 bridgehead atoms. The van der Waals surface area contributed by atoms with Gasteiger partial charge < -0.3 is 4.74 Å². The van der Waals surface area contributed by atoms with Gasteiger partial charge in [0.25, 0.3) is 10.2 Å². The van der Waals surface area contributed by atoms with Crippen molar-refractivity contribution < 1.29 is 13.2 Å². The molecule has 0 saturated carbocycles. The lowest BCUT2D eigenvalue weighted by atomic mass is 9.94. The highest BCUT2D eigenvalue weighted by Gasteiger charge is 2.32. The molecule has 1 aromatic rings. The van der Waals surface area contributed by atoms with Crippen LogP contribution in [0.2, 0.25) is 0 Å². The van der Waals surface area contributed by atoms with Crippen LogP contribution in [0.15, 0.2) is 24.3 Å². The summed E-state index contributed by atoms with van der Waals surface area (Å²) in [6.45, 7) is 7.80. The molecule has 1 aromatic carbocycles. The Balaban J connectivity index is 1.77. The minimum Gasteiger partial charge on any atom is -0.496 e. The molecule has 0 spiro atoms. The first-order chi connectivity index (χ1) is 13.4. The monoisotopic (exact) mass is 409 g/mol. The summed E-state index contributed by atoms with van der Waals surface area (Å²) in [5.74, 6) is 1.61. The molecule has 6 nitrogen and oxygen atoms in total. The number of nitrogens with one attached hydrogen (secondary N) is 1. The van der Waals surface area contributed by atoms with Gasteiger partial charge in [-0.2, -0.15) is 12.7 Å². The summed E-state index contributed by atoms with van der Waals surface area (Å²) in [7, 11) is -1.82. The van der Waals surface area contributed by atoms with Crippen LogP contribution in [0.4, 0.5) is 0 Å². The Hall–Kier alpha value is -1.15. The lowest BCUT2D eigenvalue weighted by Gasteiger charge is -2.37. The van der Waals surface area contributed by atoms with Crippen LogP contribution in [0.1, 0.15) is 51.1 Å². The molecular formula is C21H35N3O3S. The minimum atomic E-state index is -3.49. The summed E-state index contributed by atoms with van der Waals surface area (Å²) in [6, 6.07) is 7.94. The van der Waals surface area contributed by atoms with Crippen molar-refractivity contribution in [2.75, 3.05) is 39.8 Å². The molecule has 3 atom stereocenters. The zero-order valence-electron chi connectivity index (χ0n) is 17.4. The summed E-state index contributed by atoms with van der Waals surface area (Å²) in [6.07, 6.45) is 4.63. The zero-order chi connectivity index (χ0) is 20.1. The molecular weight excluding hydrogens is 374 g/mol. The lowest BCUT2D eigenvalue weighted by molar-refractivity contribution is 0.160. The molecule has 0 aliphatic carbocycles. The summed E-state index contributed by atoms with van der Waals surface area (Å²) >= 11 is 0. The van der Waals surface area contributed by atoms with E-state index < -0.39 is 10.2 Å². The normalized spacial score (nSPS) is 26.1. The molecule has 2 saturated heterocycles. The molecule has 2 fully saturated rings. The maximum Gasteiger partial charge on any atom is 0.279 e. The zero-order valence-corrected chi connectivity index (χ0v) is 18.2.